The van der Waals surface area contributed by atoms with Crippen molar-refractivity contribution in [1.29, 1.82) is 0 Å². The van der Waals surface area contributed by atoms with Crippen LogP contribution in [0.5, 0.6) is 0 Å². The number of hydrogen-bond acceptors (Lipinski definition) is 4. The minimum Gasteiger partial charge on any atom is -0.311 e. The molecule has 1 unspecified atom stereocenters. The van der Waals surface area contributed by atoms with Gasteiger partial charge in [-0.15, -0.1) is 0 Å². The normalized spacial score (nSPS) is 18.2. The first-order chi connectivity index (χ1) is 10.2. The van der Waals surface area contributed by atoms with Crippen molar-refractivity contribution < 1.29 is 0 Å². The van der Waals surface area contributed by atoms with Crippen molar-refractivity contribution in [2.24, 2.45) is 0 Å². The number of aromatic nitrogens is 3. The minimum atomic E-state index is 0.605. The Kier molecular flexibility index (Phi) is 4.51. The van der Waals surface area contributed by atoms with Crippen LogP contribution in [-0.2, 0) is 6.54 Å². The summed E-state index contributed by atoms with van der Waals surface area (Å²) in [5.74, 6) is 0. The van der Waals surface area contributed by atoms with Crippen LogP contribution in [0.25, 0.3) is 5.65 Å². The summed E-state index contributed by atoms with van der Waals surface area (Å²) in [5, 5.41) is 7.96. The van der Waals surface area contributed by atoms with Gasteiger partial charge in [-0.1, -0.05) is 6.42 Å². The van der Waals surface area contributed by atoms with E-state index in [1.165, 1.54) is 37.9 Å². The Morgan fingerprint density at radius 2 is 2.10 bits per heavy atom. The molecule has 5 nitrogen and oxygen atoms in total. The quantitative estimate of drug-likeness (QED) is 0.913. The smallest absolute Gasteiger partial charge is 0.155 e. The van der Waals surface area contributed by atoms with E-state index < -0.39 is 0 Å². The predicted molar refractivity (Wildman–Crippen MR) is 84.3 cm³/mol. The summed E-state index contributed by atoms with van der Waals surface area (Å²) in [5.41, 5.74) is 3.10. The zero-order valence-electron chi connectivity index (χ0n) is 13.0. The summed E-state index contributed by atoms with van der Waals surface area (Å²) in [4.78, 5) is 7.03. The van der Waals surface area contributed by atoms with Crippen molar-refractivity contribution >= 4 is 5.65 Å². The maximum atomic E-state index is 4.44. The first-order valence-electron chi connectivity index (χ1n) is 7.98. The van der Waals surface area contributed by atoms with Crippen LogP contribution in [0.2, 0.25) is 0 Å². The number of nitrogens with one attached hydrogen (secondary N) is 1. The molecule has 1 aliphatic rings. The summed E-state index contributed by atoms with van der Waals surface area (Å²) < 4.78 is 1.86. The SMILES string of the molecule is Cc1cc2ncc(CNCC(C)N3CCCCC3)cn2n1. The summed E-state index contributed by atoms with van der Waals surface area (Å²) in [6, 6.07) is 2.60. The standard InChI is InChI=1S/C16H25N5/c1-13-8-16-18-11-15(12-21(16)19-13)10-17-9-14(2)20-6-4-3-5-7-20/h8,11-12,14,17H,3-7,9-10H2,1-2H3. The van der Waals surface area contributed by atoms with E-state index in [1.807, 2.05) is 23.7 Å². The molecule has 1 atom stereocenters. The summed E-state index contributed by atoms with van der Waals surface area (Å²) in [6.07, 6.45) is 8.10. The molecular formula is C16H25N5. The molecule has 3 heterocycles. The lowest BCUT2D eigenvalue weighted by atomic mass is 10.1. The first-order valence-corrected chi connectivity index (χ1v) is 7.98. The monoisotopic (exact) mass is 287 g/mol. The maximum absolute atomic E-state index is 4.44. The largest absolute Gasteiger partial charge is 0.311 e. The van der Waals surface area contributed by atoms with Gasteiger partial charge >= 0.3 is 0 Å². The molecule has 3 rings (SSSR count). The molecule has 1 N–H and O–H groups in total. The fourth-order valence-corrected chi connectivity index (χ4v) is 3.04. The molecule has 1 saturated heterocycles. The van der Waals surface area contributed by atoms with Crippen molar-refractivity contribution in [3.63, 3.8) is 0 Å². The van der Waals surface area contributed by atoms with Gasteiger partial charge in [0.1, 0.15) is 0 Å². The number of likely N-dealkylation sites (tertiary alicyclic amines) is 1. The molecule has 114 valence electrons. The van der Waals surface area contributed by atoms with E-state index in [4.69, 9.17) is 0 Å². The Morgan fingerprint density at radius 1 is 1.29 bits per heavy atom. The van der Waals surface area contributed by atoms with Crippen LogP contribution >= 0.6 is 0 Å². The van der Waals surface area contributed by atoms with Crippen LogP contribution in [0.3, 0.4) is 0 Å². The molecule has 0 aliphatic carbocycles. The summed E-state index contributed by atoms with van der Waals surface area (Å²) >= 11 is 0. The Bertz CT molecular complexity index is 585. The Balaban J connectivity index is 1.51. The van der Waals surface area contributed by atoms with Gasteiger partial charge in [0, 0.05) is 43.2 Å². The molecule has 0 bridgehead atoms. The minimum absolute atomic E-state index is 0.605. The van der Waals surface area contributed by atoms with Crippen molar-refractivity contribution in [1.82, 2.24) is 24.8 Å². The van der Waals surface area contributed by atoms with Crippen LogP contribution in [0.15, 0.2) is 18.5 Å². The maximum Gasteiger partial charge on any atom is 0.155 e. The highest BCUT2D eigenvalue weighted by Crippen LogP contribution is 2.11. The van der Waals surface area contributed by atoms with E-state index >= 15 is 0 Å². The molecule has 0 spiro atoms. The Hall–Kier alpha value is -1.46. The van der Waals surface area contributed by atoms with Crippen LogP contribution in [0.1, 0.15) is 37.4 Å². The summed E-state index contributed by atoms with van der Waals surface area (Å²) in [6.45, 7) is 8.69. The lowest BCUT2D eigenvalue weighted by Crippen LogP contribution is -2.42. The van der Waals surface area contributed by atoms with Gasteiger partial charge in [-0.25, -0.2) is 9.50 Å². The molecule has 21 heavy (non-hydrogen) atoms. The van der Waals surface area contributed by atoms with Gasteiger partial charge in [0.2, 0.25) is 0 Å². The molecule has 0 saturated carbocycles. The van der Waals surface area contributed by atoms with Gasteiger partial charge in [0.25, 0.3) is 0 Å². The molecule has 0 amide bonds. The average Bonchev–Trinajstić information content (AvgIpc) is 2.87. The molecule has 5 heteroatoms. The highest BCUT2D eigenvalue weighted by Gasteiger charge is 2.15. The van der Waals surface area contributed by atoms with E-state index in [2.05, 4.69) is 33.4 Å². The fraction of sp³-hybridized carbons (Fsp3) is 0.625. The van der Waals surface area contributed by atoms with Crippen molar-refractivity contribution in [3.05, 3.63) is 29.7 Å². The molecular weight excluding hydrogens is 262 g/mol. The number of piperidine rings is 1. The third-order valence-electron chi connectivity index (χ3n) is 4.27. The molecule has 2 aromatic heterocycles. The second kappa shape index (κ2) is 6.54. The van der Waals surface area contributed by atoms with E-state index in [1.54, 1.807) is 0 Å². The topological polar surface area (TPSA) is 45.5 Å². The van der Waals surface area contributed by atoms with Gasteiger partial charge in [-0.2, -0.15) is 5.10 Å². The average molecular weight is 287 g/mol. The van der Waals surface area contributed by atoms with Gasteiger partial charge in [-0.05, 0) is 39.8 Å². The number of rotatable bonds is 5. The summed E-state index contributed by atoms with van der Waals surface area (Å²) in [7, 11) is 0. The van der Waals surface area contributed by atoms with Crippen LogP contribution < -0.4 is 5.32 Å². The van der Waals surface area contributed by atoms with Crippen LogP contribution in [0, 0.1) is 6.92 Å². The molecule has 0 radical (unpaired) electrons. The zero-order chi connectivity index (χ0) is 14.7. The lowest BCUT2D eigenvalue weighted by Gasteiger charge is -2.32. The van der Waals surface area contributed by atoms with Gasteiger partial charge in [-0.3, -0.25) is 4.90 Å². The van der Waals surface area contributed by atoms with E-state index in [9.17, 15) is 0 Å². The lowest BCUT2D eigenvalue weighted by molar-refractivity contribution is 0.170. The molecule has 1 aliphatic heterocycles. The van der Waals surface area contributed by atoms with Crippen molar-refractivity contribution in [3.8, 4) is 0 Å². The zero-order valence-corrected chi connectivity index (χ0v) is 13.0. The number of nitrogens with zero attached hydrogens (tertiary/aromatic N) is 4. The van der Waals surface area contributed by atoms with E-state index in [0.29, 0.717) is 6.04 Å². The molecule has 1 fully saturated rings. The fourth-order valence-electron chi connectivity index (χ4n) is 3.04. The van der Waals surface area contributed by atoms with Gasteiger partial charge in [0.05, 0.1) is 5.69 Å². The second-order valence-electron chi connectivity index (χ2n) is 6.13. The van der Waals surface area contributed by atoms with Crippen molar-refractivity contribution in [2.75, 3.05) is 19.6 Å². The Labute approximate surface area is 126 Å². The second-order valence-corrected chi connectivity index (χ2v) is 6.13. The number of hydrogen-bond donors (Lipinski definition) is 1. The third kappa shape index (κ3) is 3.60. The third-order valence-corrected chi connectivity index (χ3v) is 4.27. The van der Waals surface area contributed by atoms with Gasteiger partial charge in [0.15, 0.2) is 5.65 Å². The number of fused-ring (bicyclic) bond motifs is 1. The predicted octanol–water partition coefficient (Wildman–Crippen LogP) is 2.00. The highest BCUT2D eigenvalue weighted by molar-refractivity contribution is 5.38. The van der Waals surface area contributed by atoms with Crippen molar-refractivity contribution in [2.45, 2.75) is 45.7 Å². The number of aryl methyl sites for hydroxylation is 1. The van der Waals surface area contributed by atoms with Crippen LogP contribution in [0.4, 0.5) is 0 Å². The molecule has 0 aromatic carbocycles. The molecule has 2 aromatic rings. The van der Waals surface area contributed by atoms with E-state index in [-0.39, 0.29) is 0 Å². The van der Waals surface area contributed by atoms with Gasteiger partial charge < -0.3 is 5.32 Å². The Morgan fingerprint density at radius 3 is 2.90 bits per heavy atom. The van der Waals surface area contributed by atoms with E-state index in [0.717, 1.165) is 24.4 Å². The first kappa shape index (κ1) is 14.5. The highest BCUT2D eigenvalue weighted by atomic mass is 15.2. The van der Waals surface area contributed by atoms with Crippen LogP contribution in [-0.4, -0.2) is 45.2 Å².